The number of carbonyl (C=O) groups is 1. The number of halogens is 3. The van der Waals surface area contributed by atoms with Crippen molar-refractivity contribution in [2.24, 2.45) is 11.0 Å². The maximum absolute atomic E-state index is 13.6. The Labute approximate surface area is 208 Å². The largest absolute Gasteiger partial charge is 0.276 e. The highest BCUT2D eigenvalue weighted by Crippen LogP contribution is 2.45. The van der Waals surface area contributed by atoms with Crippen molar-refractivity contribution in [2.45, 2.75) is 25.3 Å². The van der Waals surface area contributed by atoms with E-state index in [4.69, 9.17) is 39.9 Å². The molecule has 3 nitrogen and oxygen atoms in total. The maximum atomic E-state index is 13.6. The molecule has 1 heterocycles. The van der Waals surface area contributed by atoms with E-state index in [1.165, 1.54) is 0 Å². The zero-order chi connectivity index (χ0) is 22.9. The van der Waals surface area contributed by atoms with Gasteiger partial charge in [-0.3, -0.25) is 4.79 Å². The van der Waals surface area contributed by atoms with Gasteiger partial charge in [0.1, 0.15) is 0 Å². The Morgan fingerprint density at radius 1 is 0.909 bits per heavy atom. The zero-order valence-corrected chi connectivity index (χ0v) is 20.0. The molecule has 1 aliphatic carbocycles. The summed E-state index contributed by atoms with van der Waals surface area (Å²) < 4.78 is 0. The molecule has 6 heteroatoms. The highest BCUT2D eigenvalue weighted by atomic mass is 35.5. The summed E-state index contributed by atoms with van der Waals surface area (Å²) in [7, 11) is 0. The first-order chi connectivity index (χ1) is 16.0. The second-order valence-electron chi connectivity index (χ2n) is 8.33. The quantitative estimate of drug-likeness (QED) is 0.361. The predicted molar refractivity (Wildman–Crippen MR) is 136 cm³/mol. The Morgan fingerprint density at radius 2 is 1.58 bits per heavy atom. The highest BCUT2D eigenvalue weighted by Gasteiger charge is 2.44. The lowest BCUT2D eigenvalue weighted by Crippen LogP contribution is -2.32. The van der Waals surface area contributed by atoms with Crippen molar-refractivity contribution in [2.75, 3.05) is 0 Å². The molecule has 0 spiro atoms. The fraction of sp³-hybridized carbons (Fsp3) is 0.185. The lowest BCUT2D eigenvalue weighted by molar-refractivity contribution is 0.0681. The Kier molecular flexibility index (Phi) is 6.29. The van der Waals surface area contributed by atoms with E-state index in [1.807, 2.05) is 60.7 Å². The topological polar surface area (TPSA) is 32.7 Å². The first-order valence-electron chi connectivity index (χ1n) is 10.9. The van der Waals surface area contributed by atoms with Crippen LogP contribution in [0.5, 0.6) is 0 Å². The van der Waals surface area contributed by atoms with Crippen molar-refractivity contribution >= 4 is 52.5 Å². The van der Waals surface area contributed by atoms with E-state index in [2.05, 4.69) is 6.08 Å². The summed E-state index contributed by atoms with van der Waals surface area (Å²) in [6.07, 6.45) is 5.06. The number of fused-ring (bicyclic) bond motifs is 1. The van der Waals surface area contributed by atoms with Gasteiger partial charge in [-0.05, 0) is 78.4 Å². The van der Waals surface area contributed by atoms with Crippen LogP contribution in [0.15, 0.2) is 83.5 Å². The minimum absolute atomic E-state index is 0.102. The molecular weight excluding hydrogens is 475 g/mol. The third kappa shape index (κ3) is 4.46. The smallest absolute Gasteiger partial charge is 0.267 e. The molecule has 5 rings (SSSR count). The summed E-state index contributed by atoms with van der Waals surface area (Å²) in [6.45, 7) is 0. The van der Waals surface area contributed by atoms with Crippen molar-refractivity contribution in [3.63, 3.8) is 0 Å². The molecule has 0 N–H and O–H groups in total. The number of hydrogen-bond donors (Lipinski definition) is 0. The van der Waals surface area contributed by atoms with E-state index in [0.717, 1.165) is 41.7 Å². The van der Waals surface area contributed by atoms with E-state index in [0.29, 0.717) is 20.6 Å². The Hall–Kier alpha value is -2.59. The number of amides is 1. The van der Waals surface area contributed by atoms with Gasteiger partial charge >= 0.3 is 0 Å². The first-order valence-corrected chi connectivity index (χ1v) is 12.0. The van der Waals surface area contributed by atoms with E-state index in [1.54, 1.807) is 17.1 Å². The second kappa shape index (κ2) is 9.34. The third-order valence-electron chi connectivity index (χ3n) is 6.24. The number of nitrogens with zero attached hydrogens (tertiary/aromatic N) is 2. The highest BCUT2D eigenvalue weighted by molar-refractivity contribution is 6.34. The monoisotopic (exact) mass is 494 g/mol. The Morgan fingerprint density at radius 3 is 2.27 bits per heavy atom. The summed E-state index contributed by atoms with van der Waals surface area (Å²) in [6, 6.07) is 22.3. The third-order valence-corrected chi connectivity index (χ3v) is 7.07. The molecule has 1 saturated carbocycles. The zero-order valence-electron chi connectivity index (χ0n) is 17.7. The Bertz CT molecular complexity index is 1250. The molecule has 2 atom stereocenters. The van der Waals surface area contributed by atoms with Crippen LogP contribution in [0.1, 0.15) is 46.8 Å². The van der Waals surface area contributed by atoms with Crippen LogP contribution in [0.25, 0.3) is 6.08 Å². The van der Waals surface area contributed by atoms with E-state index >= 15 is 0 Å². The van der Waals surface area contributed by atoms with Crippen LogP contribution in [-0.4, -0.2) is 16.6 Å². The number of benzene rings is 3. The molecule has 1 aliphatic heterocycles. The lowest BCUT2D eigenvalue weighted by Gasteiger charge is -2.30. The van der Waals surface area contributed by atoms with Crippen molar-refractivity contribution in [1.29, 1.82) is 0 Å². The lowest BCUT2D eigenvalue weighted by atomic mass is 9.77. The van der Waals surface area contributed by atoms with Crippen molar-refractivity contribution in [3.8, 4) is 0 Å². The van der Waals surface area contributed by atoms with Crippen LogP contribution in [-0.2, 0) is 0 Å². The average molecular weight is 496 g/mol. The van der Waals surface area contributed by atoms with Crippen LogP contribution in [0, 0.1) is 5.92 Å². The van der Waals surface area contributed by atoms with Crippen LogP contribution < -0.4 is 0 Å². The van der Waals surface area contributed by atoms with Gasteiger partial charge in [0, 0.05) is 16.0 Å². The number of allylic oxidation sites excluding steroid dienone is 1. The van der Waals surface area contributed by atoms with Gasteiger partial charge in [0.2, 0.25) is 0 Å². The molecule has 3 aromatic carbocycles. The summed E-state index contributed by atoms with van der Waals surface area (Å²) >= 11 is 18.6. The van der Waals surface area contributed by atoms with Crippen LogP contribution in [0.2, 0.25) is 15.1 Å². The van der Waals surface area contributed by atoms with E-state index in [-0.39, 0.29) is 17.9 Å². The minimum Gasteiger partial charge on any atom is -0.267 e. The molecule has 0 unspecified atom stereocenters. The Balaban J connectivity index is 1.59. The minimum atomic E-state index is -0.213. The average Bonchev–Trinajstić information content (AvgIpc) is 3.22. The molecule has 33 heavy (non-hydrogen) atoms. The van der Waals surface area contributed by atoms with E-state index < -0.39 is 0 Å². The molecule has 0 bridgehead atoms. The predicted octanol–water partition coefficient (Wildman–Crippen LogP) is 8.08. The van der Waals surface area contributed by atoms with Gasteiger partial charge in [0.15, 0.2) is 0 Å². The van der Waals surface area contributed by atoms with Gasteiger partial charge in [-0.15, -0.1) is 0 Å². The summed E-state index contributed by atoms with van der Waals surface area (Å²) in [4.78, 5) is 13.6. The molecule has 0 saturated heterocycles. The first kappa shape index (κ1) is 22.2. The maximum Gasteiger partial charge on any atom is 0.276 e. The van der Waals surface area contributed by atoms with Crippen molar-refractivity contribution in [3.05, 3.63) is 110 Å². The molecule has 1 fully saturated rings. The molecule has 166 valence electrons. The second-order valence-corrected chi connectivity index (χ2v) is 9.61. The fourth-order valence-electron chi connectivity index (χ4n) is 4.68. The van der Waals surface area contributed by atoms with Gasteiger partial charge in [0.05, 0.1) is 22.3 Å². The van der Waals surface area contributed by atoms with Crippen molar-refractivity contribution < 1.29 is 4.79 Å². The molecule has 2 aliphatic rings. The number of hydrogen-bond acceptors (Lipinski definition) is 2. The SMILES string of the molecule is O=C(c1ccccc1Cl)N1N=C2/C(=C/c3ccc(Cl)cc3)CCC[C@@H]2[C@H]1c1ccc(Cl)cc1. The van der Waals surface area contributed by atoms with Gasteiger partial charge in [-0.2, -0.15) is 5.10 Å². The number of carbonyl (C=O) groups excluding carboxylic acids is 1. The van der Waals surface area contributed by atoms with Gasteiger partial charge in [-0.1, -0.05) is 71.2 Å². The van der Waals surface area contributed by atoms with E-state index in [9.17, 15) is 4.79 Å². The van der Waals surface area contributed by atoms with Gasteiger partial charge in [0.25, 0.3) is 5.91 Å². The summed E-state index contributed by atoms with van der Waals surface area (Å²) in [5.41, 5.74) is 4.65. The molecule has 1 amide bonds. The van der Waals surface area contributed by atoms with Crippen LogP contribution >= 0.6 is 34.8 Å². The molecule has 0 aromatic heterocycles. The number of rotatable bonds is 3. The standard InChI is InChI=1S/C27H21Cl3N2O/c28-20-12-8-17(9-13-20)16-19-4-3-6-23-25(19)31-32(26(23)18-10-14-21(29)15-11-18)27(33)22-5-1-2-7-24(22)30/h1-2,5,7-16,23,26H,3-4,6H2/b19-16+/t23-,26+/m0/s1. The van der Waals surface area contributed by atoms with Crippen molar-refractivity contribution in [1.82, 2.24) is 5.01 Å². The summed E-state index contributed by atoms with van der Waals surface area (Å²) in [5, 5.41) is 8.32. The van der Waals surface area contributed by atoms with Crippen LogP contribution in [0.3, 0.4) is 0 Å². The fourth-order valence-corrected chi connectivity index (χ4v) is 5.15. The normalized spacial score (nSPS) is 21.1. The number of hydrazone groups is 1. The van der Waals surface area contributed by atoms with Gasteiger partial charge < -0.3 is 0 Å². The van der Waals surface area contributed by atoms with Crippen LogP contribution in [0.4, 0.5) is 0 Å². The van der Waals surface area contributed by atoms with Gasteiger partial charge in [-0.25, -0.2) is 5.01 Å². The molecular formula is C27H21Cl3N2O. The summed E-state index contributed by atoms with van der Waals surface area (Å²) in [5.74, 6) is -0.0989. The molecule has 3 aromatic rings. The molecule has 0 radical (unpaired) electrons.